The van der Waals surface area contributed by atoms with Gasteiger partial charge in [-0.05, 0) is 39.9 Å². The molecular weight excluding hydrogens is 356 g/mol. The fraction of sp³-hybridized carbons (Fsp3) is 0.538. The zero-order valence-corrected chi connectivity index (χ0v) is 14.4. The second kappa shape index (κ2) is 6.23. The van der Waals surface area contributed by atoms with Crippen molar-refractivity contribution in [2.24, 2.45) is 11.3 Å². The molecule has 6 nitrogen and oxygen atoms in total. The fourth-order valence-electron chi connectivity index (χ4n) is 2.51. The van der Waals surface area contributed by atoms with Crippen LogP contribution >= 0.6 is 27.3 Å². The summed E-state index contributed by atoms with van der Waals surface area (Å²) in [6, 6.07) is 3.95. The van der Waals surface area contributed by atoms with Crippen LogP contribution in [0.4, 0.5) is 0 Å². The van der Waals surface area contributed by atoms with Crippen LogP contribution in [-0.2, 0) is 11.2 Å². The Hall–Kier alpha value is -1.28. The zero-order valence-electron chi connectivity index (χ0n) is 12.0. The molecule has 2 unspecified atom stereocenters. The highest BCUT2D eigenvalue weighted by molar-refractivity contribution is 9.11. The monoisotopic (exact) mass is 372 g/mol. The highest BCUT2D eigenvalue weighted by Crippen LogP contribution is 2.40. The number of aromatic nitrogens is 4. The van der Waals surface area contributed by atoms with Gasteiger partial charge < -0.3 is 5.11 Å². The maximum Gasteiger partial charge on any atom is 0.307 e. The van der Waals surface area contributed by atoms with Gasteiger partial charge in [0.15, 0.2) is 5.82 Å². The molecular formula is C13H17BrN4O2S. The van der Waals surface area contributed by atoms with Crippen molar-refractivity contribution in [1.82, 2.24) is 20.6 Å². The molecule has 2 atom stereocenters. The van der Waals surface area contributed by atoms with E-state index in [0.717, 1.165) is 8.66 Å². The Morgan fingerprint density at radius 3 is 2.62 bits per heavy atom. The number of nitrogens with one attached hydrogen (secondary N) is 1. The molecule has 0 spiro atoms. The Bertz CT molecular complexity index is 606. The number of carboxylic acid groups (broad SMARTS) is 1. The molecule has 0 saturated carbocycles. The summed E-state index contributed by atoms with van der Waals surface area (Å²) in [4.78, 5) is 12.9. The predicted octanol–water partition coefficient (Wildman–Crippen LogP) is 3.10. The van der Waals surface area contributed by atoms with Gasteiger partial charge in [0.25, 0.3) is 0 Å². The van der Waals surface area contributed by atoms with Crippen molar-refractivity contribution in [3.8, 4) is 0 Å². The summed E-state index contributed by atoms with van der Waals surface area (Å²) in [7, 11) is 0. The summed E-state index contributed by atoms with van der Waals surface area (Å²) < 4.78 is 1.02. The van der Waals surface area contributed by atoms with Crippen molar-refractivity contribution < 1.29 is 9.90 Å². The standard InChI is InChI=1S/C13H17BrN4O2S/c1-13(2,3)10(12(19)20)8(11-15-17-18-16-11)6-7-4-5-9(14)21-7/h4-5,8,10H,6H2,1-3H3,(H,19,20)(H,15,16,17,18). The van der Waals surface area contributed by atoms with E-state index in [9.17, 15) is 9.90 Å². The Labute approximate surface area is 135 Å². The first-order chi connectivity index (χ1) is 9.79. The van der Waals surface area contributed by atoms with Gasteiger partial charge >= 0.3 is 5.97 Å². The molecule has 2 heterocycles. The third kappa shape index (κ3) is 3.88. The maximum atomic E-state index is 11.8. The molecule has 0 aliphatic heterocycles. The number of thiophene rings is 1. The molecule has 2 rings (SSSR count). The van der Waals surface area contributed by atoms with E-state index in [1.54, 1.807) is 11.3 Å². The van der Waals surface area contributed by atoms with Gasteiger partial charge in [0, 0.05) is 10.8 Å². The lowest BCUT2D eigenvalue weighted by Gasteiger charge is -2.32. The van der Waals surface area contributed by atoms with Gasteiger partial charge in [0.1, 0.15) is 0 Å². The molecule has 0 radical (unpaired) electrons. The second-order valence-electron chi connectivity index (χ2n) is 5.97. The number of rotatable bonds is 5. The predicted molar refractivity (Wildman–Crippen MR) is 83.2 cm³/mol. The normalized spacial score (nSPS) is 14.9. The van der Waals surface area contributed by atoms with Gasteiger partial charge in [-0.25, -0.2) is 0 Å². The molecule has 0 aliphatic carbocycles. The van der Waals surface area contributed by atoms with Crippen LogP contribution in [0.3, 0.4) is 0 Å². The molecule has 0 saturated heterocycles. The number of H-pyrrole nitrogens is 1. The maximum absolute atomic E-state index is 11.8. The Morgan fingerprint density at radius 2 is 2.19 bits per heavy atom. The zero-order chi connectivity index (χ0) is 15.6. The van der Waals surface area contributed by atoms with Crippen molar-refractivity contribution in [3.05, 3.63) is 26.6 Å². The number of nitrogens with zero attached hydrogens (tertiary/aromatic N) is 3. The van der Waals surface area contributed by atoms with Crippen LogP contribution in [-0.4, -0.2) is 31.7 Å². The molecule has 0 aliphatic rings. The van der Waals surface area contributed by atoms with E-state index in [1.807, 2.05) is 32.9 Å². The van der Waals surface area contributed by atoms with Crippen molar-refractivity contribution >= 4 is 33.2 Å². The quantitative estimate of drug-likeness (QED) is 0.840. The minimum absolute atomic E-state index is 0.327. The van der Waals surface area contributed by atoms with E-state index < -0.39 is 17.3 Å². The first-order valence-corrected chi connectivity index (χ1v) is 8.10. The topological polar surface area (TPSA) is 91.8 Å². The van der Waals surface area contributed by atoms with Crippen molar-refractivity contribution in [2.45, 2.75) is 33.1 Å². The summed E-state index contributed by atoms with van der Waals surface area (Å²) in [5, 5.41) is 23.7. The summed E-state index contributed by atoms with van der Waals surface area (Å²) in [6.07, 6.45) is 0.573. The van der Waals surface area contributed by atoms with Crippen LogP contribution in [0.1, 0.15) is 37.4 Å². The molecule has 114 valence electrons. The van der Waals surface area contributed by atoms with E-state index in [4.69, 9.17) is 0 Å². The lowest BCUT2D eigenvalue weighted by molar-refractivity contribution is -0.146. The first kappa shape index (κ1) is 16.1. The lowest BCUT2D eigenvalue weighted by atomic mass is 9.71. The summed E-state index contributed by atoms with van der Waals surface area (Å²) in [6.45, 7) is 5.76. The van der Waals surface area contributed by atoms with E-state index in [2.05, 4.69) is 36.6 Å². The van der Waals surface area contributed by atoms with Crippen LogP contribution < -0.4 is 0 Å². The largest absolute Gasteiger partial charge is 0.481 e. The van der Waals surface area contributed by atoms with Crippen LogP contribution in [0.25, 0.3) is 0 Å². The van der Waals surface area contributed by atoms with Crippen molar-refractivity contribution in [2.75, 3.05) is 0 Å². The number of aliphatic carboxylic acids is 1. The molecule has 2 aromatic heterocycles. The molecule has 2 N–H and O–H groups in total. The smallest absolute Gasteiger partial charge is 0.307 e. The molecule has 8 heteroatoms. The highest BCUT2D eigenvalue weighted by Gasteiger charge is 2.41. The van der Waals surface area contributed by atoms with Gasteiger partial charge in [0.2, 0.25) is 0 Å². The van der Waals surface area contributed by atoms with Crippen molar-refractivity contribution in [3.63, 3.8) is 0 Å². The Balaban J connectivity index is 2.38. The summed E-state index contributed by atoms with van der Waals surface area (Å²) in [5.74, 6) is -1.32. The van der Waals surface area contributed by atoms with Crippen LogP contribution in [0.5, 0.6) is 0 Å². The SMILES string of the molecule is CC(C)(C)C(C(=O)O)C(Cc1ccc(Br)s1)c1nn[nH]n1. The Morgan fingerprint density at radius 1 is 1.48 bits per heavy atom. The number of halogens is 1. The molecule has 0 amide bonds. The number of hydrogen-bond acceptors (Lipinski definition) is 5. The van der Waals surface area contributed by atoms with Crippen LogP contribution in [0, 0.1) is 11.3 Å². The number of carboxylic acids is 1. The van der Waals surface area contributed by atoms with Crippen molar-refractivity contribution in [1.29, 1.82) is 0 Å². The van der Waals surface area contributed by atoms with Gasteiger partial charge in [-0.2, -0.15) is 5.21 Å². The average Bonchev–Trinajstić information content (AvgIpc) is 2.97. The fourth-order valence-corrected chi connectivity index (χ4v) is 4.05. The lowest BCUT2D eigenvalue weighted by Crippen LogP contribution is -2.35. The molecule has 0 aromatic carbocycles. The Kier molecular flexibility index (Phi) is 4.77. The van der Waals surface area contributed by atoms with E-state index in [-0.39, 0.29) is 5.92 Å². The van der Waals surface area contributed by atoms with Gasteiger partial charge in [-0.1, -0.05) is 26.0 Å². The van der Waals surface area contributed by atoms with E-state index in [1.165, 1.54) is 0 Å². The van der Waals surface area contributed by atoms with Crippen LogP contribution in [0.2, 0.25) is 0 Å². The highest BCUT2D eigenvalue weighted by atomic mass is 79.9. The summed E-state index contributed by atoms with van der Waals surface area (Å²) >= 11 is 5.02. The van der Waals surface area contributed by atoms with E-state index in [0.29, 0.717) is 12.2 Å². The summed E-state index contributed by atoms with van der Waals surface area (Å²) in [5.41, 5.74) is -0.411. The number of hydrogen-bond donors (Lipinski definition) is 2. The van der Waals surface area contributed by atoms with Gasteiger partial charge in [0.05, 0.1) is 9.70 Å². The van der Waals surface area contributed by atoms with Gasteiger partial charge in [-0.15, -0.1) is 21.5 Å². The van der Waals surface area contributed by atoms with Crippen LogP contribution in [0.15, 0.2) is 15.9 Å². The molecule has 2 aromatic rings. The molecule has 0 fully saturated rings. The molecule has 21 heavy (non-hydrogen) atoms. The molecule has 0 bridgehead atoms. The third-order valence-electron chi connectivity index (χ3n) is 3.34. The average molecular weight is 373 g/mol. The first-order valence-electron chi connectivity index (χ1n) is 6.49. The minimum Gasteiger partial charge on any atom is -0.481 e. The van der Waals surface area contributed by atoms with Gasteiger partial charge in [-0.3, -0.25) is 4.79 Å². The second-order valence-corrected chi connectivity index (χ2v) is 8.52. The number of carbonyl (C=O) groups is 1. The number of aromatic amines is 1. The third-order valence-corrected chi connectivity index (χ3v) is 4.99. The minimum atomic E-state index is -0.840. The number of tetrazole rings is 1. The van der Waals surface area contributed by atoms with E-state index >= 15 is 0 Å².